The zero-order valence-electron chi connectivity index (χ0n) is 15.4. The molecule has 28 heavy (non-hydrogen) atoms. The van der Waals surface area contributed by atoms with Crippen molar-refractivity contribution >= 4 is 28.2 Å². The molecule has 2 aromatic heterocycles. The number of allylic oxidation sites excluding steroid dienone is 1. The molecule has 4 aromatic rings. The molecule has 2 aromatic carbocycles. The lowest BCUT2D eigenvalue weighted by Crippen LogP contribution is -2.02. The normalized spacial score (nSPS) is 13.6. The van der Waals surface area contributed by atoms with Crippen molar-refractivity contribution in [2.45, 2.75) is 13.3 Å². The minimum Gasteiger partial charge on any atom is -0.355 e. The highest BCUT2D eigenvalue weighted by Crippen LogP contribution is 2.28. The Hall–Kier alpha value is -3.73. The largest absolute Gasteiger partial charge is 0.355 e. The van der Waals surface area contributed by atoms with E-state index in [9.17, 15) is 4.79 Å². The van der Waals surface area contributed by atoms with Gasteiger partial charge in [0, 0.05) is 35.3 Å². The van der Waals surface area contributed by atoms with E-state index in [1.165, 1.54) is 0 Å². The highest BCUT2D eigenvalue weighted by molar-refractivity contribution is 6.05. The summed E-state index contributed by atoms with van der Waals surface area (Å²) in [5, 5.41) is 3.41. The van der Waals surface area contributed by atoms with E-state index in [1.807, 2.05) is 43.3 Å². The lowest BCUT2D eigenvalue weighted by Gasteiger charge is -2.13. The highest BCUT2D eigenvalue weighted by Gasteiger charge is 2.16. The van der Waals surface area contributed by atoms with Crippen LogP contribution in [-0.2, 0) is 0 Å². The first kappa shape index (κ1) is 16.4. The molecule has 0 aliphatic carbocycles. The van der Waals surface area contributed by atoms with Crippen molar-refractivity contribution in [2.24, 2.45) is 0 Å². The number of hydrogen-bond donors (Lipinski definition) is 1. The molecule has 0 radical (unpaired) electrons. The summed E-state index contributed by atoms with van der Waals surface area (Å²) in [5.41, 5.74) is 6.53. The van der Waals surface area contributed by atoms with Crippen molar-refractivity contribution in [3.63, 3.8) is 0 Å². The second-order valence-corrected chi connectivity index (χ2v) is 6.82. The maximum atomic E-state index is 12.4. The Morgan fingerprint density at radius 3 is 2.71 bits per heavy atom. The molecule has 5 nitrogen and oxygen atoms in total. The number of anilines is 1. The van der Waals surface area contributed by atoms with Crippen LogP contribution in [0.5, 0.6) is 0 Å². The van der Waals surface area contributed by atoms with E-state index in [2.05, 4.69) is 44.1 Å². The van der Waals surface area contributed by atoms with Gasteiger partial charge in [0.25, 0.3) is 0 Å². The lowest BCUT2D eigenvalue weighted by atomic mass is 10.1. The maximum absolute atomic E-state index is 12.4. The fraction of sp³-hybridized carbons (Fsp3) is 0.0870. The molecule has 136 valence electrons. The average Bonchev–Trinajstić information content (AvgIpc) is 2.97. The van der Waals surface area contributed by atoms with E-state index >= 15 is 0 Å². The SMILES string of the molecule is Cc1nc2cnccc2n1-c1ccc(C2=CCC(=O)c3ccccc3N2)cc1. The van der Waals surface area contributed by atoms with Gasteiger partial charge in [-0.1, -0.05) is 30.3 Å². The minimum absolute atomic E-state index is 0.129. The van der Waals surface area contributed by atoms with E-state index in [4.69, 9.17) is 0 Å². The third-order valence-corrected chi connectivity index (χ3v) is 5.05. The summed E-state index contributed by atoms with van der Waals surface area (Å²) in [5.74, 6) is 1.05. The molecule has 0 saturated carbocycles. The number of Topliss-reactive ketones (excluding diaryl/α,β-unsaturated/α-hetero) is 1. The molecule has 0 bridgehead atoms. The number of imidazole rings is 1. The molecular formula is C23H18N4O. The van der Waals surface area contributed by atoms with Crippen molar-refractivity contribution in [3.05, 3.63) is 90.0 Å². The molecule has 0 spiro atoms. The summed E-state index contributed by atoms with van der Waals surface area (Å²) in [4.78, 5) is 21.1. The van der Waals surface area contributed by atoms with Crippen LogP contribution in [0.15, 0.2) is 73.1 Å². The van der Waals surface area contributed by atoms with Crippen molar-refractivity contribution < 1.29 is 4.79 Å². The number of aromatic nitrogens is 3. The van der Waals surface area contributed by atoms with Crippen LogP contribution < -0.4 is 5.32 Å². The van der Waals surface area contributed by atoms with E-state index in [-0.39, 0.29) is 5.78 Å². The van der Waals surface area contributed by atoms with Gasteiger partial charge in [-0.2, -0.15) is 0 Å². The van der Waals surface area contributed by atoms with E-state index < -0.39 is 0 Å². The summed E-state index contributed by atoms with van der Waals surface area (Å²) < 4.78 is 2.12. The smallest absolute Gasteiger partial charge is 0.168 e. The predicted molar refractivity (Wildman–Crippen MR) is 111 cm³/mol. The number of nitrogens with one attached hydrogen (secondary N) is 1. The predicted octanol–water partition coefficient (Wildman–Crippen LogP) is 4.77. The van der Waals surface area contributed by atoms with Crippen LogP contribution >= 0.6 is 0 Å². The number of rotatable bonds is 2. The molecular weight excluding hydrogens is 348 g/mol. The summed E-state index contributed by atoms with van der Waals surface area (Å²) >= 11 is 0. The molecule has 1 aliphatic rings. The fourth-order valence-corrected chi connectivity index (χ4v) is 3.69. The van der Waals surface area contributed by atoms with Crippen LogP contribution in [0.25, 0.3) is 22.4 Å². The van der Waals surface area contributed by atoms with Gasteiger partial charge in [-0.05, 0) is 42.8 Å². The number of fused-ring (bicyclic) bond motifs is 2. The second kappa shape index (κ2) is 6.46. The Morgan fingerprint density at radius 1 is 1.04 bits per heavy atom. The Balaban J connectivity index is 1.52. The van der Waals surface area contributed by atoms with Gasteiger partial charge in [-0.3, -0.25) is 14.3 Å². The Morgan fingerprint density at radius 2 is 1.86 bits per heavy atom. The summed E-state index contributed by atoms with van der Waals surface area (Å²) in [6, 6.07) is 17.9. The first-order valence-corrected chi connectivity index (χ1v) is 9.20. The van der Waals surface area contributed by atoms with Crippen LogP contribution in [0.2, 0.25) is 0 Å². The summed E-state index contributed by atoms with van der Waals surface area (Å²) in [6.45, 7) is 1.99. The number of pyridine rings is 1. The molecule has 0 atom stereocenters. The van der Waals surface area contributed by atoms with E-state index in [1.54, 1.807) is 12.4 Å². The van der Waals surface area contributed by atoms with Crippen molar-refractivity contribution in [2.75, 3.05) is 5.32 Å². The van der Waals surface area contributed by atoms with Gasteiger partial charge in [0.15, 0.2) is 5.78 Å². The zero-order valence-corrected chi connectivity index (χ0v) is 15.4. The zero-order chi connectivity index (χ0) is 19.1. The molecule has 5 heteroatoms. The van der Waals surface area contributed by atoms with Crippen LogP contribution in [0, 0.1) is 6.92 Å². The van der Waals surface area contributed by atoms with E-state index in [0.29, 0.717) is 6.42 Å². The number of benzene rings is 2. The van der Waals surface area contributed by atoms with Crippen molar-refractivity contribution in [1.29, 1.82) is 0 Å². The number of ketones is 1. The van der Waals surface area contributed by atoms with Crippen LogP contribution in [0.1, 0.15) is 28.2 Å². The standard InChI is InChI=1S/C23H18N4O/c1-15-25-21-14-24-13-12-22(21)27(15)17-8-6-16(7-9-17)19-10-11-23(28)18-4-2-3-5-20(18)26-19/h2-10,12-14,26H,11H2,1H3. The topological polar surface area (TPSA) is 59.8 Å². The van der Waals surface area contributed by atoms with Crippen molar-refractivity contribution in [3.8, 4) is 5.69 Å². The van der Waals surface area contributed by atoms with E-state index in [0.717, 1.165) is 45.1 Å². The van der Waals surface area contributed by atoms with Crippen LogP contribution in [0.3, 0.4) is 0 Å². The molecule has 1 aliphatic heterocycles. The summed E-state index contributed by atoms with van der Waals surface area (Å²) in [6.07, 6.45) is 5.91. The van der Waals surface area contributed by atoms with Crippen LogP contribution in [-0.4, -0.2) is 20.3 Å². The van der Waals surface area contributed by atoms with Gasteiger partial charge in [0.05, 0.1) is 11.7 Å². The Labute approximate surface area is 162 Å². The highest BCUT2D eigenvalue weighted by atomic mass is 16.1. The molecule has 0 unspecified atom stereocenters. The number of carbonyl (C=O) groups excluding carboxylic acids is 1. The van der Waals surface area contributed by atoms with Gasteiger partial charge in [-0.25, -0.2) is 4.98 Å². The number of para-hydroxylation sites is 1. The molecule has 0 saturated heterocycles. The lowest BCUT2D eigenvalue weighted by molar-refractivity contribution is 0.0997. The maximum Gasteiger partial charge on any atom is 0.168 e. The third kappa shape index (κ3) is 2.68. The summed E-state index contributed by atoms with van der Waals surface area (Å²) in [7, 11) is 0. The van der Waals surface area contributed by atoms with Gasteiger partial charge >= 0.3 is 0 Å². The molecule has 3 heterocycles. The van der Waals surface area contributed by atoms with Gasteiger partial charge in [0.2, 0.25) is 0 Å². The van der Waals surface area contributed by atoms with Gasteiger partial charge in [0.1, 0.15) is 11.3 Å². The number of hydrogen-bond acceptors (Lipinski definition) is 4. The van der Waals surface area contributed by atoms with Crippen molar-refractivity contribution in [1.82, 2.24) is 14.5 Å². The van der Waals surface area contributed by atoms with Crippen LogP contribution in [0.4, 0.5) is 5.69 Å². The minimum atomic E-state index is 0.129. The quantitative estimate of drug-likeness (QED) is 0.555. The molecule has 1 N–H and O–H groups in total. The van der Waals surface area contributed by atoms with Gasteiger partial charge < -0.3 is 5.32 Å². The second-order valence-electron chi connectivity index (χ2n) is 6.82. The monoisotopic (exact) mass is 366 g/mol. The Bertz CT molecular complexity index is 1240. The number of carbonyl (C=O) groups is 1. The molecule has 0 amide bonds. The number of aryl methyl sites for hydroxylation is 1. The average molecular weight is 366 g/mol. The number of nitrogens with zero attached hydrogens (tertiary/aromatic N) is 3. The van der Waals surface area contributed by atoms with Gasteiger partial charge in [-0.15, -0.1) is 0 Å². The first-order chi connectivity index (χ1) is 13.7. The third-order valence-electron chi connectivity index (χ3n) is 5.05. The molecule has 5 rings (SSSR count). The molecule has 0 fully saturated rings. The Kier molecular flexibility index (Phi) is 3.79. The fourth-order valence-electron chi connectivity index (χ4n) is 3.69. The first-order valence-electron chi connectivity index (χ1n) is 9.20.